The highest BCUT2D eigenvalue weighted by Gasteiger charge is 2.02. The number of nitrogens with zero attached hydrogens (tertiary/aromatic N) is 4. The summed E-state index contributed by atoms with van der Waals surface area (Å²) in [6.45, 7) is 0. The first-order valence-electron chi connectivity index (χ1n) is 6.07. The summed E-state index contributed by atoms with van der Waals surface area (Å²) < 4.78 is 0. The van der Waals surface area contributed by atoms with E-state index in [1.807, 2.05) is 36.4 Å². The van der Waals surface area contributed by atoms with Crippen LogP contribution in [0.5, 0.6) is 0 Å². The zero-order chi connectivity index (χ0) is 13.6. The van der Waals surface area contributed by atoms with Gasteiger partial charge in [-0.3, -0.25) is 10.9 Å². The second kappa shape index (κ2) is 5.75. The minimum Gasteiger partial charge on any atom is -0.298 e. The van der Waals surface area contributed by atoms with Crippen molar-refractivity contribution in [3.8, 4) is 11.3 Å². The van der Waals surface area contributed by atoms with Crippen molar-refractivity contribution in [3.63, 3.8) is 0 Å². The number of hydrazine groups is 1. The van der Waals surface area contributed by atoms with Crippen LogP contribution in [-0.4, -0.2) is 19.9 Å². The molecule has 2 aromatic heterocycles. The highest BCUT2D eigenvalue weighted by Crippen LogP contribution is 2.15. The van der Waals surface area contributed by atoms with Crippen molar-refractivity contribution >= 4 is 11.6 Å². The van der Waals surface area contributed by atoms with Crippen LogP contribution in [-0.2, 0) is 0 Å². The minimum atomic E-state index is 0.482. The largest absolute Gasteiger partial charge is 0.298 e. The van der Waals surface area contributed by atoms with E-state index in [1.54, 1.807) is 18.6 Å². The van der Waals surface area contributed by atoms with Gasteiger partial charge in [-0.05, 0) is 18.2 Å². The number of nitrogens with one attached hydrogen (secondary N) is 2. The Balaban J connectivity index is 1.75. The summed E-state index contributed by atoms with van der Waals surface area (Å²) in [7, 11) is 0. The maximum Gasteiger partial charge on any atom is 0.242 e. The molecule has 0 bridgehead atoms. The zero-order valence-electron chi connectivity index (χ0n) is 10.6. The molecule has 98 valence electrons. The summed E-state index contributed by atoms with van der Waals surface area (Å²) in [5.41, 5.74) is 8.53. The van der Waals surface area contributed by atoms with Gasteiger partial charge in [-0.25, -0.2) is 19.9 Å². The van der Waals surface area contributed by atoms with E-state index in [0.29, 0.717) is 5.95 Å². The highest BCUT2D eigenvalue weighted by atomic mass is 15.4. The lowest BCUT2D eigenvalue weighted by atomic mass is 10.2. The van der Waals surface area contributed by atoms with Gasteiger partial charge in [0.1, 0.15) is 6.33 Å². The van der Waals surface area contributed by atoms with Crippen LogP contribution in [0.3, 0.4) is 0 Å². The number of hydrogen-bond acceptors (Lipinski definition) is 6. The van der Waals surface area contributed by atoms with Crippen molar-refractivity contribution in [1.82, 2.24) is 19.9 Å². The van der Waals surface area contributed by atoms with Crippen LogP contribution in [0, 0.1) is 0 Å². The van der Waals surface area contributed by atoms with E-state index >= 15 is 0 Å². The molecule has 0 fully saturated rings. The van der Waals surface area contributed by atoms with E-state index in [1.165, 1.54) is 6.33 Å². The van der Waals surface area contributed by atoms with Crippen LogP contribution >= 0.6 is 0 Å². The average molecular weight is 264 g/mol. The number of para-hydroxylation sites is 1. The normalized spacial score (nSPS) is 10.0. The third-order valence-corrected chi connectivity index (χ3v) is 2.60. The molecular weight excluding hydrogens is 252 g/mol. The van der Waals surface area contributed by atoms with Gasteiger partial charge in [-0.2, -0.15) is 0 Å². The number of hydrogen-bond donors (Lipinski definition) is 2. The molecular formula is C14H12N6. The average Bonchev–Trinajstić information content (AvgIpc) is 2.55. The summed E-state index contributed by atoms with van der Waals surface area (Å²) in [4.78, 5) is 16.5. The van der Waals surface area contributed by atoms with Crippen LogP contribution < -0.4 is 10.9 Å². The van der Waals surface area contributed by atoms with Gasteiger partial charge in [-0.15, -0.1) is 0 Å². The Bertz CT molecular complexity index is 672. The predicted octanol–water partition coefficient (Wildman–Crippen LogP) is 2.37. The van der Waals surface area contributed by atoms with Gasteiger partial charge >= 0.3 is 0 Å². The van der Waals surface area contributed by atoms with Gasteiger partial charge in [0.15, 0.2) is 0 Å². The van der Waals surface area contributed by atoms with E-state index in [0.717, 1.165) is 16.9 Å². The van der Waals surface area contributed by atoms with E-state index < -0.39 is 0 Å². The zero-order valence-corrected chi connectivity index (χ0v) is 10.6. The Labute approximate surface area is 115 Å². The Morgan fingerprint density at radius 3 is 2.45 bits per heavy atom. The molecule has 0 aliphatic carbocycles. The predicted molar refractivity (Wildman–Crippen MR) is 76.7 cm³/mol. The minimum absolute atomic E-state index is 0.482. The first kappa shape index (κ1) is 12.0. The third kappa shape index (κ3) is 2.86. The Morgan fingerprint density at radius 2 is 1.65 bits per heavy atom. The molecule has 6 nitrogen and oxygen atoms in total. The maximum atomic E-state index is 4.39. The number of rotatable bonds is 4. The van der Waals surface area contributed by atoms with Crippen molar-refractivity contribution in [3.05, 3.63) is 61.3 Å². The van der Waals surface area contributed by atoms with E-state index in [9.17, 15) is 0 Å². The molecule has 0 radical (unpaired) electrons. The molecule has 0 aliphatic rings. The van der Waals surface area contributed by atoms with Crippen molar-refractivity contribution in [1.29, 1.82) is 0 Å². The lowest BCUT2D eigenvalue weighted by Crippen LogP contribution is -2.11. The molecule has 3 aromatic rings. The van der Waals surface area contributed by atoms with Crippen LogP contribution in [0.4, 0.5) is 11.6 Å². The molecule has 0 unspecified atom stereocenters. The Morgan fingerprint density at radius 1 is 0.850 bits per heavy atom. The topological polar surface area (TPSA) is 75.6 Å². The molecule has 3 rings (SSSR count). The van der Waals surface area contributed by atoms with E-state index in [2.05, 4.69) is 30.8 Å². The molecule has 0 spiro atoms. The first-order valence-corrected chi connectivity index (χ1v) is 6.07. The van der Waals surface area contributed by atoms with Gasteiger partial charge in [0.2, 0.25) is 5.95 Å². The van der Waals surface area contributed by atoms with Crippen molar-refractivity contribution in [2.24, 2.45) is 0 Å². The fourth-order valence-corrected chi connectivity index (χ4v) is 1.66. The maximum absolute atomic E-state index is 4.39. The Kier molecular flexibility index (Phi) is 3.46. The summed E-state index contributed by atoms with van der Waals surface area (Å²) in [6, 6.07) is 11.6. The fraction of sp³-hybridized carbons (Fsp3) is 0. The summed E-state index contributed by atoms with van der Waals surface area (Å²) >= 11 is 0. The molecule has 0 atom stereocenters. The molecule has 0 saturated carbocycles. The van der Waals surface area contributed by atoms with Gasteiger partial charge in [0.05, 0.1) is 11.4 Å². The SMILES string of the molecule is c1ccc(NNc2nccc(-c3cncnc3)n2)cc1. The summed E-state index contributed by atoms with van der Waals surface area (Å²) in [6.07, 6.45) is 6.60. The van der Waals surface area contributed by atoms with Crippen LogP contribution in [0.2, 0.25) is 0 Å². The number of aromatic nitrogens is 4. The van der Waals surface area contributed by atoms with E-state index in [-0.39, 0.29) is 0 Å². The van der Waals surface area contributed by atoms with Crippen molar-refractivity contribution < 1.29 is 0 Å². The lowest BCUT2D eigenvalue weighted by Gasteiger charge is -2.08. The van der Waals surface area contributed by atoms with Gasteiger partial charge in [-0.1, -0.05) is 18.2 Å². The summed E-state index contributed by atoms with van der Waals surface area (Å²) in [5, 5.41) is 0. The van der Waals surface area contributed by atoms with Gasteiger partial charge in [0, 0.05) is 24.2 Å². The van der Waals surface area contributed by atoms with Crippen LogP contribution in [0.15, 0.2) is 61.3 Å². The molecule has 0 aliphatic heterocycles. The van der Waals surface area contributed by atoms with E-state index in [4.69, 9.17) is 0 Å². The molecule has 1 aromatic carbocycles. The van der Waals surface area contributed by atoms with Crippen LogP contribution in [0.25, 0.3) is 11.3 Å². The molecule has 0 saturated heterocycles. The van der Waals surface area contributed by atoms with Gasteiger partial charge in [0.25, 0.3) is 0 Å². The number of anilines is 2. The second-order valence-corrected chi connectivity index (χ2v) is 4.01. The first-order chi connectivity index (χ1) is 9.92. The smallest absolute Gasteiger partial charge is 0.242 e. The molecule has 20 heavy (non-hydrogen) atoms. The quantitative estimate of drug-likeness (QED) is 0.705. The van der Waals surface area contributed by atoms with Crippen molar-refractivity contribution in [2.45, 2.75) is 0 Å². The molecule has 6 heteroatoms. The third-order valence-electron chi connectivity index (χ3n) is 2.60. The highest BCUT2D eigenvalue weighted by molar-refractivity contribution is 5.58. The second-order valence-electron chi connectivity index (χ2n) is 4.01. The lowest BCUT2D eigenvalue weighted by molar-refractivity contribution is 1.12. The summed E-state index contributed by atoms with van der Waals surface area (Å²) in [5.74, 6) is 0.482. The molecule has 2 N–H and O–H groups in total. The molecule has 0 amide bonds. The standard InChI is InChI=1S/C14H12N6/c1-2-4-12(5-3-1)19-20-14-17-7-6-13(18-14)11-8-15-10-16-9-11/h1-10,19H,(H,17,18,20). The molecule has 2 heterocycles. The monoisotopic (exact) mass is 264 g/mol. The fourth-order valence-electron chi connectivity index (χ4n) is 1.66. The van der Waals surface area contributed by atoms with Gasteiger partial charge < -0.3 is 0 Å². The number of benzene rings is 1. The Hall–Kier alpha value is -3.02. The van der Waals surface area contributed by atoms with Crippen LogP contribution in [0.1, 0.15) is 0 Å². The van der Waals surface area contributed by atoms with Crippen molar-refractivity contribution in [2.75, 3.05) is 10.9 Å².